The van der Waals surface area contributed by atoms with Crippen LogP contribution in [0.5, 0.6) is 0 Å². The Hall–Kier alpha value is -0.870. The van der Waals surface area contributed by atoms with E-state index in [-0.39, 0.29) is 30.5 Å². The molecule has 0 aromatic carbocycles. The highest BCUT2D eigenvalue weighted by Crippen LogP contribution is 2.35. The van der Waals surface area contributed by atoms with Crippen molar-refractivity contribution in [1.29, 1.82) is 0 Å². The van der Waals surface area contributed by atoms with Gasteiger partial charge in [-0.1, -0.05) is 6.58 Å². The zero-order valence-electron chi connectivity index (χ0n) is 20.2. The molecule has 0 aromatic heterocycles. The highest BCUT2D eigenvalue weighted by Gasteiger charge is 2.44. The number of carbonyl (C=O) groups excluding carboxylic acids is 1. The maximum Gasteiger partial charge on any atom is 0.135 e. The summed E-state index contributed by atoms with van der Waals surface area (Å²) in [6, 6.07) is 0. The maximum absolute atomic E-state index is 12.4. The van der Waals surface area contributed by atoms with Gasteiger partial charge in [0, 0.05) is 32.5 Å². The number of hydrogen-bond acceptors (Lipinski definition) is 8. The van der Waals surface area contributed by atoms with E-state index < -0.39 is 30.5 Å². The number of ether oxygens (including phenoxy) is 4. The molecule has 4 fully saturated rings. The van der Waals surface area contributed by atoms with Gasteiger partial charge in [0.1, 0.15) is 11.9 Å². The summed E-state index contributed by atoms with van der Waals surface area (Å²) in [5.41, 5.74) is 1.10. The van der Waals surface area contributed by atoms with Crippen LogP contribution in [-0.4, -0.2) is 89.8 Å². The van der Waals surface area contributed by atoms with Crippen molar-refractivity contribution >= 4 is 5.78 Å². The SMILES string of the molecule is C=C1CO[C@@H](CC[C@@H](O)CC[C@H](O)C2C[C@@H](O)C3OC(CC(=O)CC4CCOC4)CCC3O2)C1. The zero-order chi connectivity index (χ0) is 24.1. The lowest BCUT2D eigenvalue weighted by atomic mass is 9.87. The Bertz CT molecular complexity index is 678. The smallest absolute Gasteiger partial charge is 0.135 e. The highest BCUT2D eigenvalue weighted by atomic mass is 16.6. The lowest BCUT2D eigenvalue weighted by Crippen LogP contribution is -2.56. The molecule has 4 heterocycles. The molecule has 3 N–H and O–H groups in total. The van der Waals surface area contributed by atoms with Gasteiger partial charge < -0.3 is 34.3 Å². The van der Waals surface area contributed by atoms with Crippen molar-refractivity contribution in [3.8, 4) is 0 Å². The molecule has 0 saturated carbocycles. The molecule has 0 aliphatic carbocycles. The van der Waals surface area contributed by atoms with E-state index in [1.807, 2.05) is 0 Å². The summed E-state index contributed by atoms with van der Waals surface area (Å²) >= 11 is 0. The molecule has 4 rings (SSSR count). The molecule has 0 aromatic rings. The van der Waals surface area contributed by atoms with E-state index in [2.05, 4.69) is 6.58 Å². The van der Waals surface area contributed by atoms with Crippen LogP contribution in [0.2, 0.25) is 0 Å². The van der Waals surface area contributed by atoms with Crippen LogP contribution in [0.3, 0.4) is 0 Å². The zero-order valence-corrected chi connectivity index (χ0v) is 20.2. The molecular weight excluding hydrogens is 440 g/mol. The van der Waals surface area contributed by atoms with Gasteiger partial charge in [-0.2, -0.15) is 0 Å². The Kier molecular flexibility index (Phi) is 9.55. The predicted octanol–water partition coefficient (Wildman–Crippen LogP) is 2.07. The molecule has 0 spiro atoms. The number of aliphatic hydroxyl groups is 3. The largest absolute Gasteiger partial charge is 0.393 e. The molecule has 0 radical (unpaired) electrons. The number of aliphatic hydroxyl groups excluding tert-OH is 3. The van der Waals surface area contributed by atoms with Gasteiger partial charge >= 0.3 is 0 Å². The van der Waals surface area contributed by atoms with Gasteiger partial charge in [0.15, 0.2) is 0 Å². The fourth-order valence-electron chi connectivity index (χ4n) is 5.76. The predicted molar refractivity (Wildman–Crippen MR) is 124 cm³/mol. The summed E-state index contributed by atoms with van der Waals surface area (Å²) in [6.45, 7) is 5.95. The molecule has 4 aliphatic rings. The van der Waals surface area contributed by atoms with Crippen LogP contribution in [0.4, 0.5) is 0 Å². The fourth-order valence-corrected chi connectivity index (χ4v) is 5.76. The van der Waals surface area contributed by atoms with E-state index >= 15 is 0 Å². The number of hydrogen-bond donors (Lipinski definition) is 3. The lowest BCUT2D eigenvalue weighted by molar-refractivity contribution is -0.241. The van der Waals surface area contributed by atoms with Crippen LogP contribution in [0.15, 0.2) is 12.2 Å². The van der Waals surface area contributed by atoms with E-state index in [1.165, 1.54) is 0 Å². The molecule has 34 heavy (non-hydrogen) atoms. The number of rotatable bonds is 11. The second-order valence-electron chi connectivity index (χ2n) is 10.8. The molecule has 8 heteroatoms. The minimum absolute atomic E-state index is 0.142. The first-order chi connectivity index (χ1) is 16.4. The second-order valence-corrected chi connectivity index (χ2v) is 10.8. The van der Waals surface area contributed by atoms with Gasteiger partial charge in [-0.05, 0) is 62.9 Å². The summed E-state index contributed by atoms with van der Waals surface area (Å²) in [7, 11) is 0. The summed E-state index contributed by atoms with van der Waals surface area (Å²) in [5, 5.41) is 31.7. The normalized spacial score (nSPS) is 38.0. The summed E-state index contributed by atoms with van der Waals surface area (Å²) in [4.78, 5) is 12.4. The third-order valence-electron chi connectivity index (χ3n) is 7.77. The topological polar surface area (TPSA) is 115 Å². The molecule has 4 saturated heterocycles. The summed E-state index contributed by atoms with van der Waals surface area (Å²) in [6.07, 6.45) is 3.46. The van der Waals surface area contributed by atoms with Gasteiger partial charge in [-0.15, -0.1) is 0 Å². The van der Waals surface area contributed by atoms with Crippen molar-refractivity contribution in [3.05, 3.63) is 12.2 Å². The van der Waals surface area contributed by atoms with Gasteiger partial charge in [0.2, 0.25) is 0 Å². The summed E-state index contributed by atoms with van der Waals surface area (Å²) < 4.78 is 23.2. The average Bonchev–Trinajstić information content (AvgIpc) is 3.47. The van der Waals surface area contributed by atoms with Crippen molar-refractivity contribution in [2.45, 2.75) is 119 Å². The second kappa shape index (κ2) is 12.4. The molecular formula is C26H42O8. The summed E-state index contributed by atoms with van der Waals surface area (Å²) in [5.74, 6) is 0.519. The fraction of sp³-hybridized carbons (Fsp3) is 0.885. The van der Waals surface area contributed by atoms with Gasteiger partial charge in [-0.25, -0.2) is 0 Å². The van der Waals surface area contributed by atoms with Crippen molar-refractivity contribution in [2.24, 2.45) is 5.92 Å². The number of Topliss-reactive ketones (excluding diaryl/α,β-unsaturated/α-hetero) is 1. The Labute approximate surface area is 202 Å². The third-order valence-corrected chi connectivity index (χ3v) is 7.77. The van der Waals surface area contributed by atoms with E-state index in [0.717, 1.165) is 31.4 Å². The van der Waals surface area contributed by atoms with Crippen LogP contribution < -0.4 is 0 Å². The molecule has 8 nitrogen and oxygen atoms in total. The van der Waals surface area contributed by atoms with E-state index in [9.17, 15) is 20.1 Å². The molecule has 9 atom stereocenters. The molecule has 5 unspecified atom stereocenters. The van der Waals surface area contributed by atoms with Crippen molar-refractivity contribution in [3.63, 3.8) is 0 Å². The van der Waals surface area contributed by atoms with Crippen molar-refractivity contribution in [1.82, 2.24) is 0 Å². The maximum atomic E-state index is 12.4. The number of carbonyl (C=O) groups is 1. The quantitative estimate of drug-likeness (QED) is 0.384. The van der Waals surface area contributed by atoms with Gasteiger partial charge in [0.25, 0.3) is 0 Å². The van der Waals surface area contributed by atoms with Crippen LogP contribution in [-0.2, 0) is 23.7 Å². The lowest BCUT2D eigenvalue weighted by Gasteiger charge is -2.45. The first-order valence-electron chi connectivity index (χ1n) is 13.1. The van der Waals surface area contributed by atoms with E-state index in [1.54, 1.807) is 0 Å². The Balaban J connectivity index is 1.15. The molecule has 194 valence electrons. The standard InChI is InChI=1S/C26H42O8/c1-16-10-20(32-14-16)4-2-18(27)3-6-22(29)25-13-23(30)26-24(34-25)7-5-21(33-26)12-19(28)11-17-8-9-31-15-17/h17-18,20-27,29-30H,1-15H2/t17?,18-,20+,21?,22+,23-,24?,25?,26?/m1/s1. The number of ketones is 1. The minimum Gasteiger partial charge on any atom is -0.393 e. The van der Waals surface area contributed by atoms with Crippen LogP contribution >= 0.6 is 0 Å². The average molecular weight is 483 g/mol. The van der Waals surface area contributed by atoms with Crippen LogP contribution in [0.1, 0.15) is 70.6 Å². The monoisotopic (exact) mass is 482 g/mol. The molecule has 4 aliphatic heterocycles. The molecule has 0 bridgehead atoms. The van der Waals surface area contributed by atoms with Gasteiger partial charge in [0.05, 0.1) is 49.3 Å². The third kappa shape index (κ3) is 7.32. The van der Waals surface area contributed by atoms with Crippen LogP contribution in [0.25, 0.3) is 0 Å². The van der Waals surface area contributed by atoms with Crippen LogP contribution in [0, 0.1) is 5.92 Å². The number of fused-ring (bicyclic) bond motifs is 1. The van der Waals surface area contributed by atoms with E-state index in [4.69, 9.17) is 18.9 Å². The molecule has 0 amide bonds. The Morgan fingerprint density at radius 3 is 2.65 bits per heavy atom. The van der Waals surface area contributed by atoms with Crippen molar-refractivity contribution in [2.75, 3.05) is 19.8 Å². The Morgan fingerprint density at radius 1 is 1.06 bits per heavy atom. The minimum atomic E-state index is -0.749. The first-order valence-corrected chi connectivity index (χ1v) is 13.1. The van der Waals surface area contributed by atoms with E-state index in [0.29, 0.717) is 64.1 Å². The highest BCUT2D eigenvalue weighted by molar-refractivity contribution is 5.79. The first kappa shape index (κ1) is 26.2. The van der Waals surface area contributed by atoms with Gasteiger partial charge in [-0.3, -0.25) is 4.79 Å². The Morgan fingerprint density at radius 2 is 1.91 bits per heavy atom. The van der Waals surface area contributed by atoms with Crippen molar-refractivity contribution < 1.29 is 39.1 Å².